The molecule has 0 fully saturated rings. The van der Waals surface area contributed by atoms with Crippen molar-refractivity contribution in [2.75, 3.05) is 0 Å². The summed E-state index contributed by atoms with van der Waals surface area (Å²) in [6.07, 6.45) is -1.08. The Morgan fingerprint density at radius 3 is 3.07 bits per heavy atom. The number of amides is 1. The molecule has 2 heterocycles. The van der Waals surface area contributed by atoms with E-state index < -0.39 is 6.09 Å². The molecular weight excluding hydrogens is 264 g/mol. The highest BCUT2D eigenvalue weighted by Gasteiger charge is 2.04. The van der Waals surface area contributed by atoms with E-state index >= 15 is 0 Å². The maximum Gasteiger partial charge on any atom is 0.405 e. The lowest BCUT2D eigenvalue weighted by Gasteiger charge is -1.94. The fourth-order valence-corrected chi connectivity index (χ4v) is 1.47. The number of carbonyl (C=O) groups is 1. The van der Waals surface area contributed by atoms with E-state index in [0.717, 1.165) is 0 Å². The molecular formula is C8H7BrN4O2. The van der Waals surface area contributed by atoms with Crippen LogP contribution in [0.2, 0.25) is 0 Å². The average molecular weight is 271 g/mol. The summed E-state index contributed by atoms with van der Waals surface area (Å²) in [5.41, 5.74) is 1.34. The molecule has 2 aromatic rings. The number of H-pyrrole nitrogens is 1. The van der Waals surface area contributed by atoms with Gasteiger partial charge in [0, 0.05) is 0 Å². The molecule has 0 unspecified atom stereocenters. The van der Waals surface area contributed by atoms with Gasteiger partial charge in [-0.05, 0) is 28.1 Å². The Morgan fingerprint density at radius 1 is 1.53 bits per heavy atom. The third-order valence-electron chi connectivity index (χ3n) is 1.77. The molecule has 15 heavy (non-hydrogen) atoms. The number of pyridine rings is 1. The Bertz CT molecular complexity index is 510. The number of hydrogen-bond acceptors (Lipinski definition) is 3. The summed E-state index contributed by atoms with van der Waals surface area (Å²) in [5, 5.41) is 10.6. The second-order valence-electron chi connectivity index (χ2n) is 2.84. The van der Waals surface area contributed by atoms with Crippen LogP contribution >= 0.6 is 15.9 Å². The summed E-state index contributed by atoms with van der Waals surface area (Å²) in [4.78, 5) is 21.5. The Labute approximate surface area is 92.9 Å². The number of rotatable bonds is 2. The first-order valence-electron chi connectivity index (χ1n) is 4.13. The molecule has 1 amide bonds. The number of aromatic nitrogens is 3. The standard InChI is InChI=1S/C8H7BrN4O2/c9-5-2-1-4-7(12-5)13-6(11-4)3-10-8(14)15/h1-2,10H,3H2,(H,14,15)(H,11,12,13). The van der Waals surface area contributed by atoms with Gasteiger partial charge in [-0.1, -0.05) is 0 Å². The van der Waals surface area contributed by atoms with Crippen molar-refractivity contribution >= 4 is 33.2 Å². The third-order valence-corrected chi connectivity index (χ3v) is 2.21. The molecule has 0 saturated carbocycles. The lowest BCUT2D eigenvalue weighted by Crippen LogP contribution is -2.20. The van der Waals surface area contributed by atoms with Crippen LogP contribution in [0.15, 0.2) is 16.7 Å². The monoisotopic (exact) mass is 270 g/mol. The zero-order valence-electron chi connectivity index (χ0n) is 7.49. The highest BCUT2D eigenvalue weighted by molar-refractivity contribution is 9.10. The molecule has 2 rings (SSSR count). The Kier molecular flexibility index (Phi) is 2.55. The van der Waals surface area contributed by atoms with Crippen LogP contribution in [0.5, 0.6) is 0 Å². The normalized spacial score (nSPS) is 10.5. The number of nitrogens with zero attached hydrogens (tertiary/aromatic N) is 2. The lowest BCUT2D eigenvalue weighted by molar-refractivity contribution is 0.193. The molecule has 6 nitrogen and oxygen atoms in total. The Hall–Kier alpha value is -1.63. The number of nitrogens with one attached hydrogen (secondary N) is 2. The number of hydrogen-bond donors (Lipinski definition) is 3. The molecule has 0 saturated heterocycles. The van der Waals surface area contributed by atoms with Gasteiger partial charge in [-0.3, -0.25) is 0 Å². The van der Waals surface area contributed by atoms with E-state index in [4.69, 9.17) is 5.11 Å². The number of halogens is 1. The van der Waals surface area contributed by atoms with Crippen LogP contribution in [0.3, 0.4) is 0 Å². The maximum absolute atomic E-state index is 10.3. The molecule has 0 aliphatic heterocycles. The minimum atomic E-state index is -1.08. The van der Waals surface area contributed by atoms with Gasteiger partial charge >= 0.3 is 6.09 Å². The molecule has 0 bridgehead atoms. The van der Waals surface area contributed by atoms with Crippen molar-refractivity contribution in [1.29, 1.82) is 0 Å². The van der Waals surface area contributed by atoms with Crippen molar-refractivity contribution < 1.29 is 9.90 Å². The molecule has 0 aliphatic rings. The van der Waals surface area contributed by atoms with E-state index in [0.29, 0.717) is 21.6 Å². The molecule has 0 aliphatic carbocycles. The van der Waals surface area contributed by atoms with E-state index in [-0.39, 0.29) is 6.54 Å². The first-order chi connectivity index (χ1) is 7.15. The smallest absolute Gasteiger partial charge is 0.405 e. The zero-order chi connectivity index (χ0) is 10.8. The van der Waals surface area contributed by atoms with Crippen LogP contribution in [0, 0.1) is 0 Å². The highest BCUT2D eigenvalue weighted by Crippen LogP contribution is 2.13. The van der Waals surface area contributed by atoms with E-state index in [1.807, 2.05) is 0 Å². The van der Waals surface area contributed by atoms with Crippen LogP contribution in [-0.4, -0.2) is 26.2 Å². The minimum absolute atomic E-state index is 0.142. The first kappa shape index (κ1) is 9.91. The quantitative estimate of drug-likeness (QED) is 0.721. The summed E-state index contributed by atoms with van der Waals surface area (Å²) < 4.78 is 0.705. The SMILES string of the molecule is O=C(O)NCc1nc2ccc(Br)nc2[nH]1. The van der Waals surface area contributed by atoms with Gasteiger partial charge < -0.3 is 15.4 Å². The second kappa shape index (κ2) is 3.85. The van der Waals surface area contributed by atoms with Crippen molar-refractivity contribution in [1.82, 2.24) is 20.3 Å². The molecule has 0 spiro atoms. The van der Waals surface area contributed by atoms with Crippen molar-refractivity contribution in [3.05, 3.63) is 22.6 Å². The molecule has 2 aromatic heterocycles. The predicted octanol–water partition coefficient (Wildman–Crippen LogP) is 1.49. The van der Waals surface area contributed by atoms with E-state index in [9.17, 15) is 4.79 Å². The van der Waals surface area contributed by atoms with E-state index in [1.165, 1.54) is 0 Å². The molecule has 0 atom stereocenters. The molecule has 78 valence electrons. The first-order valence-corrected chi connectivity index (χ1v) is 4.92. The average Bonchev–Trinajstić information content (AvgIpc) is 2.56. The minimum Gasteiger partial charge on any atom is -0.465 e. The summed E-state index contributed by atoms with van der Waals surface area (Å²) in [6, 6.07) is 3.57. The molecule has 0 aromatic carbocycles. The van der Waals surface area contributed by atoms with Crippen molar-refractivity contribution in [3.8, 4) is 0 Å². The van der Waals surface area contributed by atoms with Crippen LogP contribution in [0.25, 0.3) is 11.2 Å². The predicted molar refractivity (Wildman–Crippen MR) is 56.5 cm³/mol. The number of imidazole rings is 1. The molecule has 0 radical (unpaired) electrons. The van der Waals surface area contributed by atoms with Crippen LogP contribution in [-0.2, 0) is 6.54 Å². The third kappa shape index (κ3) is 2.24. The Morgan fingerprint density at radius 2 is 2.33 bits per heavy atom. The summed E-state index contributed by atoms with van der Waals surface area (Å²) in [7, 11) is 0. The fourth-order valence-electron chi connectivity index (χ4n) is 1.16. The highest BCUT2D eigenvalue weighted by atomic mass is 79.9. The van der Waals surface area contributed by atoms with Crippen molar-refractivity contribution in [2.45, 2.75) is 6.54 Å². The van der Waals surface area contributed by atoms with Gasteiger partial charge in [0.15, 0.2) is 5.65 Å². The lowest BCUT2D eigenvalue weighted by atomic mass is 10.4. The molecule has 7 heteroatoms. The van der Waals surface area contributed by atoms with Gasteiger partial charge in [0.2, 0.25) is 0 Å². The number of aromatic amines is 1. The fraction of sp³-hybridized carbons (Fsp3) is 0.125. The van der Waals surface area contributed by atoms with Gasteiger partial charge in [-0.25, -0.2) is 14.8 Å². The maximum atomic E-state index is 10.3. The second-order valence-corrected chi connectivity index (χ2v) is 3.66. The van der Waals surface area contributed by atoms with Crippen molar-refractivity contribution in [2.24, 2.45) is 0 Å². The van der Waals surface area contributed by atoms with Gasteiger partial charge in [-0.15, -0.1) is 0 Å². The van der Waals surface area contributed by atoms with Gasteiger partial charge in [-0.2, -0.15) is 0 Å². The largest absolute Gasteiger partial charge is 0.465 e. The number of carboxylic acid groups (broad SMARTS) is 1. The van der Waals surface area contributed by atoms with Crippen LogP contribution in [0.4, 0.5) is 4.79 Å². The topological polar surface area (TPSA) is 90.9 Å². The zero-order valence-corrected chi connectivity index (χ0v) is 9.08. The van der Waals surface area contributed by atoms with Crippen LogP contribution in [0.1, 0.15) is 5.82 Å². The summed E-state index contributed by atoms with van der Waals surface area (Å²) in [5.74, 6) is 0.540. The van der Waals surface area contributed by atoms with Crippen molar-refractivity contribution in [3.63, 3.8) is 0 Å². The summed E-state index contributed by atoms with van der Waals surface area (Å²) >= 11 is 3.24. The Balaban J connectivity index is 2.27. The summed E-state index contributed by atoms with van der Waals surface area (Å²) in [6.45, 7) is 0.142. The van der Waals surface area contributed by atoms with Crippen LogP contribution < -0.4 is 5.32 Å². The van der Waals surface area contributed by atoms with E-state index in [2.05, 4.69) is 36.2 Å². The number of fused-ring (bicyclic) bond motifs is 1. The molecule has 3 N–H and O–H groups in total. The van der Waals surface area contributed by atoms with E-state index in [1.54, 1.807) is 12.1 Å². The van der Waals surface area contributed by atoms with Gasteiger partial charge in [0.1, 0.15) is 15.9 Å². The van der Waals surface area contributed by atoms with Gasteiger partial charge in [0.05, 0.1) is 6.54 Å². The van der Waals surface area contributed by atoms with Gasteiger partial charge in [0.25, 0.3) is 0 Å².